The first-order chi connectivity index (χ1) is 9.66. The summed E-state index contributed by atoms with van der Waals surface area (Å²) in [6.45, 7) is 0. The van der Waals surface area contributed by atoms with E-state index in [9.17, 15) is 14.9 Å². The second-order valence-corrected chi connectivity index (χ2v) is 6.22. The molecule has 0 spiro atoms. The highest BCUT2D eigenvalue weighted by Crippen LogP contribution is 2.23. The van der Waals surface area contributed by atoms with Crippen LogP contribution in [0.25, 0.3) is 0 Å². The number of rotatable bonds is 7. The van der Waals surface area contributed by atoms with Gasteiger partial charge >= 0.3 is 0 Å². The van der Waals surface area contributed by atoms with Crippen LogP contribution in [0.15, 0.2) is 46.7 Å². The second-order valence-electron chi connectivity index (χ2n) is 4.10. The van der Waals surface area contributed by atoms with E-state index >= 15 is 0 Å². The Bertz CT molecular complexity index is 579. The Balaban J connectivity index is 1.73. The first-order valence-electron chi connectivity index (χ1n) is 6.11. The molecule has 1 aromatic heterocycles. The van der Waals surface area contributed by atoms with Gasteiger partial charge in [-0.1, -0.05) is 6.07 Å². The standard InChI is InChI=1S/C14H13NO3S2/c16-13(14-4-2-10-20-14)3-1-9-19-12-7-5-11(6-8-12)15(17)18/h2,4-8,10H,1,3,9H2. The van der Waals surface area contributed by atoms with E-state index in [1.165, 1.54) is 23.5 Å². The molecular weight excluding hydrogens is 294 g/mol. The number of non-ortho nitro benzene ring substituents is 1. The lowest BCUT2D eigenvalue weighted by atomic mass is 10.2. The monoisotopic (exact) mass is 307 g/mol. The van der Waals surface area contributed by atoms with E-state index in [1.54, 1.807) is 23.9 Å². The van der Waals surface area contributed by atoms with Gasteiger partial charge in [0, 0.05) is 23.4 Å². The summed E-state index contributed by atoms with van der Waals surface area (Å²) < 4.78 is 0. The van der Waals surface area contributed by atoms with Crippen molar-refractivity contribution in [3.05, 3.63) is 56.8 Å². The second kappa shape index (κ2) is 7.21. The fraction of sp³-hybridized carbons (Fsp3) is 0.214. The minimum absolute atomic E-state index is 0.0993. The van der Waals surface area contributed by atoms with Gasteiger partial charge in [0.2, 0.25) is 0 Å². The number of carbonyl (C=O) groups is 1. The Hall–Kier alpha value is -1.66. The predicted molar refractivity (Wildman–Crippen MR) is 81.7 cm³/mol. The quantitative estimate of drug-likeness (QED) is 0.250. The van der Waals surface area contributed by atoms with E-state index in [-0.39, 0.29) is 11.5 Å². The molecule has 0 saturated heterocycles. The highest BCUT2D eigenvalue weighted by atomic mass is 32.2. The van der Waals surface area contributed by atoms with Crippen LogP contribution in [0.3, 0.4) is 0 Å². The maximum absolute atomic E-state index is 11.8. The van der Waals surface area contributed by atoms with Gasteiger partial charge in [-0.2, -0.15) is 0 Å². The molecule has 0 radical (unpaired) electrons. The first kappa shape index (κ1) is 14.7. The number of hydrogen-bond acceptors (Lipinski definition) is 5. The van der Waals surface area contributed by atoms with Crippen molar-refractivity contribution in [3.8, 4) is 0 Å². The van der Waals surface area contributed by atoms with Gasteiger partial charge in [0.05, 0.1) is 9.80 Å². The third-order valence-corrected chi connectivity index (χ3v) is 4.67. The van der Waals surface area contributed by atoms with Gasteiger partial charge in [0.25, 0.3) is 5.69 Å². The van der Waals surface area contributed by atoms with Crippen molar-refractivity contribution in [2.45, 2.75) is 17.7 Å². The average molecular weight is 307 g/mol. The summed E-state index contributed by atoms with van der Waals surface area (Å²) in [4.78, 5) is 23.7. The predicted octanol–water partition coefficient (Wildman–Crippen LogP) is 4.41. The third kappa shape index (κ3) is 4.18. The molecule has 0 amide bonds. The summed E-state index contributed by atoms with van der Waals surface area (Å²) in [7, 11) is 0. The zero-order valence-corrected chi connectivity index (χ0v) is 12.3. The van der Waals surface area contributed by atoms with Crippen LogP contribution in [0, 0.1) is 10.1 Å². The van der Waals surface area contributed by atoms with E-state index < -0.39 is 4.92 Å². The number of carbonyl (C=O) groups excluding carboxylic acids is 1. The zero-order valence-electron chi connectivity index (χ0n) is 10.7. The van der Waals surface area contributed by atoms with Crippen molar-refractivity contribution in [3.63, 3.8) is 0 Å². The highest BCUT2D eigenvalue weighted by Gasteiger charge is 2.07. The summed E-state index contributed by atoms with van der Waals surface area (Å²) in [5.41, 5.74) is 0.0993. The number of thiophene rings is 1. The van der Waals surface area contributed by atoms with Crippen molar-refractivity contribution in [1.29, 1.82) is 0 Å². The van der Waals surface area contributed by atoms with Crippen LogP contribution in [0.5, 0.6) is 0 Å². The van der Waals surface area contributed by atoms with Crippen LogP contribution in [-0.4, -0.2) is 16.5 Å². The molecule has 0 atom stereocenters. The van der Waals surface area contributed by atoms with E-state index in [4.69, 9.17) is 0 Å². The molecule has 0 aliphatic rings. The molecule has 104 valence electrons. The average Bonchev–Trinajstić information content (AvgIpc) is 2.98. The van der Waals surface area contributed by atoms with Crippen molar-refractivity contribution >= 4 is 34.6 Å². The fourth-order valence-electron chi connectivity index (χ4n) is 1.65. The molecular formula is C14H13NO3S2. The summed E-state index contributed by atoms with van der Waals surface area (Å²) in [5, 5.41) is 12.4. The molecule has 0 fully saturated rings. The molecule has 0 unspecified atom stereocenters. The fourth-order valence-corrected chi connectivity index (χ4v) is 3.19. The zero-order chi connectivity index (χ0) is 14.4. The Morgan fingerprint density at radius 2 is 2.00 bits per heavy atom. The van der Waals surface area contributed by atoms with Crippen LogP contribution < -0.4 is 0 Å². The van der Waals surface area contributed by atoms with Crippen LogP contribution in [-0.2, 0) is 0 Å². The maximum Gasteiger partial charge on any atom is 0.269 e. The van der Waals surface area contributed by atoms with Gasteiger partial charge in [-0.25, -0.2) is 0 Å². The highest BCUT2D eigenvalue weighted by molar-refractivity contribution is 7.99. The SMILES string of the molecule is O=C(CCCSc1ccc([N+](=O)[O-])cc1)c1cccs1. The molecule has 1 aromatic carbocycles. The number of thioether (sulfide) groups is 1. The maximum atomic E-state index is 11.8. The van der Waals surface area contributed by atoms with E-state index in [1.807, 2.05) is 17.5 Å². The van der Waals surface area contributed by atoms with Crippen LogP contribution in [0.1, 0.15) is 22.5 Å². The van der Waals surface area contributed by atoms with Gasteiger partial charge in [-0.3, -0.25) is 14.9 Å². The Morgan fingerprint density at radius 1 is 1.25 bits per heavy atom. The summed E-state index contributed by atoms with van der Waals surface area (Å²) in [5.74, 6) is 1.01. The molecule has 6 heteroatoms. The van der Waals surface area contributed by atoms with Gasteiger partial charge < -0.3 is 0 Å². The van der Waals surface area contributed by atoms with Crippen LogP contribution in [0.4, 0.5) is 5.69 Å². The minimum atomic E-state index is -0.409. The smallest absolute Gasteiger partial charge is 0.269 e. The molecule has 2 aromatic rings. The molecule has 1 heterocycles. The van der Waals surface area contributed by atoms with E-state index in [0.717, 1.165) is 21.9 Å². The molecule has 0 bridgehead atoms. The van der Waals surface area contributed by atoms with Crippen molar-refractivity contribution in [1.82, 2.24) is 0 Å². The van der Waals surface area contributed by atoms with E-state index in [2.05, 4.69) is 0 Å². The Kier molecular flexibility index (Phi) is 5.31. The minimum Gasteiger partial charge on any atom is -0.293 e. The molecule has 2 rings (SSSR count). The molecule has 0 saturated carbocycles. The molecule has 0 aliphatic heterocycles. The van der Waals surface area contributed by atoms with Gasteiger partial charge in [0.1, 0.15) is 0 Å². The summed E-state index contributed by atoms with van der Waals surface area (Å²) in [6, 6.07) is 10.2. The van der Waals surface area contributed by atoms with Crippen LogP contribution >= 0.6 is 23.1 Å². The van der Waals surface area contributed by atoms with Gasteiger partial charge in [-0.15, -0.1) is 23.1 Å². The first-order valence-corrected chi connectivity index (χ1v) is 7.97. The number of nitro groups is 1. The number of benzene rings is 1. The van der Waals surface area contributed by atoms with Crippen molar-refractivity contribution in [2.24, 2.45) is 0 Å². The number of ketones is 1. The Labute approximate surface area is 125 Å². The molecule has 0 aliphatic carbocycles. The normalized spacial score (nSPS) is 10.4. The summed E-state index contributed by atoms with van der Waals surface area (Å²) in [6.07, 6.45) is 1.35. The van der Waals surface area contributed by atoms with Crippen molar-refractivity contribution in [2.75, 3.05) is 5.75 Å². The largest absolute Gasteiger partial charge is 0.293 e. The van der Waals surface area contributed by atoms with E-state index in [0.29, 0.717) is 6.42 Å². The summed E-state index contributed by atoms with van der Waals surface area (Å²) >= 11 is 3.08. The van der Waals surface area contributed by atoms with Crippen molar-refractivity contribution < 1.29 is 9.72 Å². The number of hydrogen-bond donors (Lipinski definition) is 0. The number of nitro benzene ring substituents is 1. The number of nitrogens with zero attached hydrogens (tertiary/aromatic N) is 1. The lowest BCUT2D eigenvalue weighted by Crippen LogP contribution is -1.96. The van der Waals surface area contributed by atoms with Gasteiger partial charge in [0.15, 0.2) is 5.78 Å². The lowest BCUT2D eigenvalue weighted by molar-refractivity contribution is -0.384. The third-order valence-electron chi connectivity index (χ3n) is 2.66. The van der Waals surface area contributed by atoms with Crippen LogP contribution in [0.2, 0.25) is 0 Å². The molecule has 20 heavy (non-hydrogen) atoms. The van der Waals surface area contributed by atoms with Gasteiger partial charge in [-0.05, 0) is 35.8 Å². The topological polar surface area (TPSA) is 60.2 Å². The Morgan fingerprint density at radius 3 is 2.60 bits per heavy atom. The number of Topliss-reactive ketones (excluding diaryl/α,β-unsaturated/α-hetero) is 1. The molecule has 4 nitrogen and oxygen atoms in total. The lowest BCUT2D eigenvalue weighted by Gasteiger charge is -2.01. The molecule has 0 N–H and O–H groups in total.